The van der Waals surface area contributed by atoms with E-state index in [2.05, 4.69) is 25.9 Å². The summed E-state index contributed by atoms with van der Waals surface area (Å²) in [5.41, 5.74) is 1.64. The predicted molar refractivity (Wildman–Crippen MR) is 107 cm³/mol. The first-order valence-corrected chi connectivity index (χ1v) is 8.99. The minimum absolute atomic E-state index is 0.369. The first kappa shape index (κ1) is 18.6. The van der Waals surface area contributed by atoms with Gasteiger partial charge in [-0.2, -0.15) is 0 Å². The van der Waals surface area contributed by atoms with Crippen LogP contribution < -0.4 is 4.74 Å². The summed E-state index contributed by atoms with van der Waals surface area (Å²) < 4.78 is 6.14. The molecule has 0 amide bonds. The molecule has 4 nitrogen and oxygen atoms in total. The Morgan fingerprint density at radius 3 is 2.77 bits per heavy atom. The van der Waals surface area contributed by atoms with Crippen LogP contribution >= 0.6 is 39.1 Å². The highest BCUT2D eigenvalue weighted by Gasteiger charge is 2.09. The summed E-state index contributed by atoms with van der Waals surface area (Å²) in [7, 11) is 0. The molecule has 3 rings (SSSR count). The lowest BCUT2D eigenvalue weighted by atomic mass is 10.2. The van der Waals surface area contributed by atoms with E-state index in [1.807, 2.05) is 6.07 Å². The number of hydrogen-bond donors (Lipinski definition) is 0. The van der Waals surface area contributed by atoms with E-state index in [0.29, 0.717) is 27.0 Å². The quantitative estimate of drug-likeness (QED) is 0.274. The molecule has 130 valence electrons. The summed E-state index contributed by atoms with van der Waals surface area (Å²) in [6.07, 6.45) is 4.65. The smallest absolute Gasteiger partial charge is 0.345 e. The number of ether oxygens (including phenoxy) is 1. The van der Waals surface area contributed by atoms with Gasteiger partial charge in [-0.1, -0.05) is 45.2 Å². The second-order valence-electron chi connectivity index (χ2n) is 5.18. The molecule has 0 atom stereocenters. The number of aliphatic imine (C=N–C) groups is 1. The largest absolute Gasteiger partial charge is 0.423 e. The summed E-state index contributed by atoms with van der Waals surface area (Å²) in [6, 6.07) is 13.7. The van der Waals surface area contributed by atoms with Gasteiger partial charge < -0.3 is 4.74 Å². The van der Waals surface area contributed by atoms with Crippen LogP contribution in [0.25, 0.3) is 0 Å². The fraction of sp³-hybridized carbons (Fsp3) is 0. The highest BCUT2D eigenvalue weighted by Crippen LogP contribution is 2.31. The Bertz CT molecular complexity index is 979. The van der Waals surface area contributed by atoms with E-state index in [1.54, 1.807) is 54.9 Å². The molecular formula is C19H11BrCl2N2O2. The van der Waals surface area contributed by atoms with Crippen molar-refractivity contribution in [1.82, 2.24) is 4.98 Å². The van der Waals surface area contributed by atoms with Gasteiger partial charge >= 0.3 is 5.97 Å². The summed E-state index contributed by atoms with van der Waals surface area (Å²) in [5, 5.41) is 0.810. The maximum Gasteiger partial charge on any atom is 0.345 e. The Hall–Kier alpha value is -2.21. The van der Waals surface area contributed by atoms with Gasteiger partial charge in [-0.25, -0.2) is 4.79 Å². The van der Waals surface area contributed by atoms with Crippen LogP contribution in [0, 0.1) is 0 Å². The van der Waals surface area contributed by atoms with Gasteiger partial charge in [-0.15, -0.1) is 0 Å². The van der Waals surface area contributed by atoms with Crippen molar-refractivity contribution in [1.29, 1.82) is 0 Å². The standard InChI is InChI=1S/C19H11BrCl2N2O2/c20-14-7-12(10-24-17-5-1-4-16(21)18(17)22)8-15(9-14)26-19(25)13-3-2-6-23-11-13/h1-11H. The molecule has 0 saturated carbocycles. The Morgan fingerprint density at radius 1 is 1.15 bits per heavy atom. The lowest BCUT2D eigenvalue weighted by Gasteiger charge is -2.06. The number of rotatable bonds is 4. The Morgan fingerprint density at radius 2 is 2.00 bits per heavy atom. The molecule has 3 aromatic rings. The molecule has 0 aliphatic heterocycles. The van der Waals surface area contributed by atoms with Crippen molar-refractivity contribution in [3.05, 3.63) is 86.6 Å². The van der Waals surface area contributed by atoms with Gasteiger partial charge in [0, 0.05) is 23.1 Å². The molecule has 2 aromatic carbocycles. The first-order valence-electron chi connectivity index (χ1n) is 7.44. The minimum atomic E-state index is -0.489. The molecule has 0 spiro atoms. The van der Waals surface area contributed by atoms with Gasteiger partial charge in [0.25, 0.3) is 0 Å². The molecular weight excluding hydrogens is 439 g/mol. The lowest BCUT2D eigenvalue weighted by Crippen LogP contribution is -2.08. The van der Waals surface area contributed by atoms with Gasteiger partial charge in [0.1, 0.15) is 5.75 Å². The maximum absolute atomic E-state index is 12.2. The van der Waals surface area contributed by atoms with Crippen LogP contribution in [0.4, 0.5) is 5.69 Å². The van der Waals surface area contributed by atoms with Crippen molar-refractivity contribution >= 4 is 57.0 Å². The predicted octanol–water partition coefficient (Wildman–Crippen LogP) is 6.12. The van der Waals surface area contributed by atoms with Crippen LogP contribution in [0.5, 0.6) is 5.75 Å². The van der Waals surface area contributed by atoms with Crippen molar-refractivity contribution in [2.45, 2.75) is 0 Å². The molecule has 0 aliphatic carbocycles. The Labute approximate surface area is 168 Å². The molecule has 0 bridgehead atoms. The van der Waals surface area contributed by atoms with Crippen LogP contribution in [-0.4, -0.2) is 17.2 Å². The van der Waals surface area contributed by atoms with Crippen molar-refractivity contribution in [2.24, 2.45) is 4.99 Å². The summed E-state index contributed by atoms with van der Waals surface area (Å²) in [6.45, 7) is 0. The summed E-state index contributed by atoms with van der Waals surface area (Å²) in [4.78, 5) is 20.4. The maximum atomic E-state index is 12.2. The number of aromatic nitrogens is 1. The molecule has 0 saturated heterocycles. The van der Waals surface area contributed by atoms with E-state index in [9.17, 15) is 4.79 Å². The average Bonchev–Trinajstić information content (AvgIpc) is 2.63. The monoisotopic (exact) mass is 448 g/mol. The molecule has 0 fully saturated rings. The molecule has 1 aromatic heterocycles. The highest BCUT2D eigenvalue weighted by molar-refractivity contribution is 9.10. The zero-order valence-corrected chi connectivity index (χ0v) is 16.3. The van der Waals surface area contributed by atoms with Crippen LogP contribution in [-0.2, 0) is 0 Å². The van der Waals surface area contributed by atoms with Crippen molar-refractivity contribution in [3.8, 4) is 5.75 Å². The van der Waals surface area contributed by atoms with Crippen LogP contribution in [0.1, 0.15) is 15.9 Å². The van der Waals surface area contributed by atoms with Crippen LogP contribution in [0.3, 0.4) is 0 Å². The zero-order valence-electron chi connectivity index (χ0n) is 13.2. The number of nitrogens with zero attached hydrogens (tertiary/aromatic N) is 2. The summed E-state index contributed by atoms with van der Waals surface area (Å²) >= 11 is 15.5. The number of carbonyl (C=O) groups excluding carboxylic acids is 1. The van der Waals surface area contributed by atoms with Gasteiger partial charge in [-0.3, -0.25) is 9.98 Å². The minimum Gasteiger partial charge on any atom is -0.423 e. The second kappa shape index (κ2) is 8.45. The molecule has 7 heteroatoms. The van der Waals surface area contributed by atoms with Crippen molar-refractivity contribution < 1.29 is 9.53 Å². The number of halogens is 3. The number of benzene rings is 2. The van der Waals surface area contributed by atoms with Crippen molar-refractivity contribution in [2.75, 3.05) is 0 Å². The topological polar surface area (TPSA) is 51.5 Å². The van der Waals surface area contributed by atoms with E-state index in [-0.39, 0.29) is 0 Å². The third-order valence-corrected chi connectivity index (χ3v) is 4.55. The molecule has 0 unspecified atom stereocenters. The number of carbonyl (C=O) groups is 1. The summed E-state index contributed by atoms with van der Waals surface area (Å²) in [5.74, 6) is -0.108. The molecule has 1 heterocycles. The fourth-order valence-electron chi connectivity index (χ4n) is 2.10. The van der Waals surface area contributed by atoms with Gasteiger partial charge in [0.2, 0.25) is 0 Å². The van der Waals surface area contributed by atoms with E-state index in [0.717, 1.165) is 10.0 Å². The molecule has 0 aliphatic rings. The second-order valence-corrected chi connectivity index (χ2v) is 6.88. The molecule has 0 N–H and O–H groups in total. The van der Waals surface area contributed by atoms with Gasteiger partial charge in [0.15, 0.2) is 0 Å². The Kier molecular flexibility index (Phi) is 6.04. The molecule has 0 radical (unpaired) electrons. The van der Waals surface area contributed by atoms with E-state index < -0.39 is 5.97 Å². The third-order valence-electron chi connectivity index (χ3n) is 3.29. The van der Waals surface area contributed by atoms with Crippen molar-refractivity contribution in [3.63, 3.8) is 0 Å². The lowest BCUT2D eigenvalue weighted by molar-refractivity contribution is 0.0734. The van der Waals surface area contributed by atoms with E-state index in [1.165, 1.54) is 6.20 Å². The highest BCUT2D eigenvalue weighted by atomic mass is 79.9. The third kappa shape index (κ3) is 4.69. The van der Waals surface area contributed by atoms with E-state index >= 15 is 0 Å². The van der Waals surface area contributed by atoms with Gasteiger partial charge in [0.05, 0.1) is 21.3 Å². The Balaban J connectivity index is 1.82. The normalized spacial score (nSPS) is 10.9. The number of esters is 1. The molecule has 26 heavy (non-hydrogen) atoms. The number of hydrogen-bond acceptors (Lipinski definition) is 4. The first-order chi connectivity index (χ1) is 12.5. The van der Waals surface area contributed by atoms with Crippen LogP contribution in [0.2, 0.25) is 10.0 Å². The van der Waals surface area contributed by atoms with Crippen LogP contribution in [0.15, 0.2) is 70.4 Å². The average molecular weight is 450 g/mol. The van der Waals surface area contributed by atoms with E-state index in [4.69, 9.17) is 27.9 Å². The zero-order chi connectivity index (χ0) is 18.5. The number of pyridine rings is 1. The SMILES string of the molecule is O=C(Oc1cc(Br)cc(C=Nc2cccc(Cl)c2Cl)c1)c1cccnc1. The van der Waals surface area contributed by atoms with Gasteiger partial charge in [-0.05, 0) is 48.0 Å². The fourth-order valence-corrected chi connectivity index (χ4v) is 2.94.